The molecule has 1 saturated carbocycles. The Bertz CT molecular complexity index is 554. The average molecular weight is 330 g/mol. The summed E-state index contributed by atoms with van der Waals surface area (Å²) in [7, 11) is 3.60. The van der Waals surface area contributed by atoms with Crippen molar-refractivity contribution in [1.29, 1.82) is 0 Å². The van der Waals surface area contributed by atoms with Crippen LogP contribution in [0, 0.1) is 5.92 Å². The fourth-order valence-corrected chi connectivity index (χ4v) is 3.81. The first-order chi connectivity index (χ1) is 11.8. The Kier molecular flexibility index (Phi) is 5.83. The molecule has 2 fully saturated rings. The van der Waals surface area contributed by atoms with Crippen molar-refractivity contribution in [1.82, 2.24) is 10.6 Å². The number of rotatable bonds is 5. The summed E-state index contributed by atoms with van der Waals surface area (Å²) in [5, 5.41) is 7.08. The molecule has 2 aliphatic rings. The van der Waals surface area contributed by atoms with E-state index in [0.717, 1.165) is 31.3 Å². The van der Waals surface area contributed by atoms with Crippen molar-refractivity contribution >= 4 is 11.6 Å². The number of para-hydroxylation sites is 2. The van der Waals surface area contributed by atoms with Gasteiger partial charge in [0.2, 0.25) is 0 Å². The number of guanidine groups is 1. The number of aliphatic imine (C=N–C) groups is 1. The molecule has 0 aromatic heterocycles. The second-order valence-corrected chi connectivity index (χ2v) is 6.85. The lowest BCUT2D eigenvalue weighted by molar-refractivity contribution is 0.414. The van der Waals surface area contributed by atoms with Gasteiger partial charge in [-0.25, -0.2) is 0 Å². The molecule has 0 bridgehead atoms. The van der Waals surface area contributed by atoms with Crippen LogP contribution in [0.1, 0.15) is 32.1 Å². The third kappa shape index (κ3) is 4.13. The molecule has 5 nitrogen and oxygen atoms in total. The first-order valence-electron chi connectivity index (χ1n) is 9.15. The van der Waals surface area contributed by atoms with E-state index < -0.39 is 0 Å². The minimum absolute atomic E-state index is 0.602. The molecule has 0 spiro atoms. The number of methoxy groups -OCH3 is 1. The number of hydrogen-bond donors (Lipinski definition) is 2. The van der Waals surface area contributed by atoms with E-state index in [1.54, 1.807) is 7.11 Å². The highest BCUT2D eigenvalue weighted by atomic mass is 16.5. The van der Waals surface area contributed by atoms with Crippen LogP contribution in [-0.2, 0) is 0 Å². The van der Waals surface area contributed by atoms with Crippen LogP contribution in [0.15, 0.2) is 29.3 Å². The van der Waals surface area contributed by atoms with Gasteiger partial charge >= 0.3 is 0 Å². The lowest BCUT2D eigenvalue weighted by atomic mass is 10.1. The quantitative estimate of drug-likeness (QED) is 0.644. The number of benzene rings is 1. The highest BCUT2D eigenvalue weighted by Crippen LogP contribution is 2.31. The molecule has 1 atom stereocenters. The highest BCUT2D eigenvalue weighted by molar-refractivity contribution is 5.80. The van der Waals surface area contributed by atoms with Crippen LogP contribution in [0.5, 0.6) is 5.75 Å². The van der Waals surface area contributed by atoms with Crippen LogP contribution in [0.4, 0.5) is 5.69 Å². The molecule has 3 rings (SSSR count). The van der Waals surface area contributed by atoms with Crippen molar-refractivity contribution in [3.05, 3.63) is 24.3 Å². The van der Waals surface area contributed by atoms with Crippen LogP contribution in [0.25, 0.3) is 0 Å². The van der Waals surface area contributed by atoms with Gasteiger partial charge < -0.3 is 20.3 Å². The van der Waals surface area contributed by atoms with Crippen molar-refractivity contribution in [2.75, 3.05) is 38.7 Å². The third-order valence-corrected chi connectivity index (χ3v) is 5.19. The molecule has 1 heterocycles. The van der Waals surface area contributed by atoms with Crippen molar-refractivity contribution in [2.24, 2.45) is 10.9 Å². The Hall–Kier alpha value is -1.91. The lowest BCUT2D eigenvalue weighted by Crippen LogP contribution is -2.44. The van der Waals surface area contributed by atoms with E-state index in [1.165, 1.54) is 37.8 Å². The van der Waals surface area contributed by atoms with Gasteiger partial charge in [0.15, 0.2) is 5.96 Å². The van der Waals surface area contributed by atoms with E-state index in [0.29, 0.717) is 12.0 Å². The minimum atomic E-state index is 0.602. The van der Waals surface area contributed by atoms with E-state index in [4.69, 9.17) is 4.74 Å². The van der Waals surface area contributed by atoms with Gasteiger partial charge in [-0.3, -0.25) is 4.99 Å². The molecule has 0 amide bonds. The van der Waals surface area contributed by atoms with Gasteiger partial charge in [0, 0.05) is 32.7 Å². The number of nitrogens with zero attached hydrogens (tertiary/aromatic N) is 2. The number of nitrogens with one attached hydrogen (secondary N) is 2. The lowest BCUT2D eigenvalue weighted by Gasteiger charge is -2.22. The highest BCUT2D eigenvalue weighted by Gasteiger charge is 2.25. The molecule has 5 heteroatoms. The van der Waals surface area contributed by atoms with Gasteiger partial charge in [-0.05, 0) is 37.3 Å². The zero-order chi connectivity index (χ0) is 16.8. The monoisotopic (exact) mass is 330 g/mol. The summed E-state index contributed by atoms with van der Waals surface area (Å²) < 4.78 is 5.50. The van der Waals surface area contributed by atoms with Gasteiger partial charge in [0.25, 0.3) is 0 Å². The number of hydrogen-bond acceptors (Lipinski definition) is 3. The van der Waals surface area contributed by atoms with Crippen LogP contribution in [0.3, 0.4) is 0 Å². The Morgan fingerprint density at radius 1 is 1.25 bits per heavy atom. The Morgan fingerprint density at radius 2 is 2.04 bits per heavy atom. The predicted octanol–water partition coefficient (Wildman–Crippen LogP) is 2.63. The third-order valence-electron chi connectivity index (χ3n) is 5.19. The molecular weight excluding hydrogens is 300 g/mol. The van der Waals surface area contributed by atoms with Gasteiger partial charge in [0.05, 0.1) is 12.8 Å². The maximum atomic E-state index is 5.50. The van der Waals surface area contributed by atoms with Gasteiger partial charge in [-0.1, -0.05) is 25.0 Å². The topological polar surface area (TPSA) is 48.9 Å². The normalized spacial score (nSPS) is 22.0. The molecular formula is C19H30N4O. The van der Waals surface area contributed by atoms with Gasteiger partial charge in [-0.15, -0.1) is 0 Å². The van der Waals surface area contributed by atoms with Crippen LogP contribution in [0.2, 0.25) is 0 Å². The van der Waals surface area contributed by atoms with E-state index in [-0.39, 0.29) is 0 Å². The van der Waals surface area contributed by atoms with Crippen LogP contribution in [-0.4, -0.2) is 45.8 Å². The summed E-state index contributed by atoms with van der Waals surface area (Å²) in [5.41, 5.74) is 1.20. The summed E-state index contributed by atoms with van der Waals surface area (Å²) in [6.45, 7) is 3.12. The summed E-state index contributed by atoms with van der Waals surface area (Å²) in [6.07, 6.45) is 6.42. The summed E-state index contributed by atoms with van der Waals surface area (Å²) in [5.74, 6) is 2.56. The molecule has 0 radical (unpaired) electrons. The number of ether oxygens (including phenoxy) is 1. The first kappa shape index (κ1) is 16.9. The number of anilines is 1. The standard InChI is InChI=1S/C19H30N4O/c1-20-19(22-16-7-3-4-8-16)21-13-15-11-12-23(14-15)17-9-5-6-10-18(17)24-2/h5-6,9-10,15-16H,3-4,7-8,11-14H2,1-2H3,(H2,20,21,22). The second kappa shape index (κ2) is 8.27. The molecule has 1 aliphatic heterocycles. The van der Waals surface area contributed by atoms with Crippen molar-refractivity contribution in [3.8, 4) is 5.75 Å². The molecule has 1 aliphatic carbocycles. The van der Waals surface area contributed by atoms with E-state index >= 15 is 0 Å². The van der Waals surface area contributed by atoms with Crippen LogP contribution < -0.4 is 20.3 Å². The van der Waals surface area contributed by atoms with Crippen molar-refractivity contribution in [2.45, 2.75) is 38.1 Å². The predicted molar refractivity (Wildman–Crippen MR) is 100 cm³/mol. The average Bonchev–Trinajstić information content (AvgIpc) is 3.30. The summed E-state index contributed by atoms with van der Waals surface area (Å²) in [4.78, 5) is 6.81. The van der Waals surface area contributed by atoms with Crippen molar-refractivity contribution < 1.29 is 4.74 Å². The summed E-state index contributed by atoms with van der Waals surface area (Å²) in [6, 6.07) is 8.89. The summed E-state index contributed by atoms with van der Waals surface area (Å²) >= 11 is 0. The largest absolute Gasteiger partial charge is 0.495 e. The van der Waals surface area contributed by atoms with E-state index in [1.807, 2.05) is 19.2 Å². The molecule has 24 heavy (non-hydrogen) atoms. The van der Waals surface area contributed by atoms with E-state index in [9.17, 15) is 0 Å². The minimum Gasteiger partial charge on any atom is -0.495 e. The van der Waals surface area contributed by atoms with Crippen molar-refractivity contribution in [3.63, 3.8) is 0 Å². The fourth-order valence-electron chi connectivity index (χ4n) is 3.81. The molecule has 1 saturated heterocycles. The van der Waals surface area contributed by atoms with Gasteiger partial charge in [-0.2, -0.15) is 0 Å². The molecule has 132 valence electrons. The van der Waals surface area contributed by atoms with E-state index in [2.05, 4.69) is 32.7 Å². The fraction of sp³-hybridized carbons (Fsp3) is 0.632. The SMILES string of the molecule is CN=C(NCC1CCN(c2ccccc2OC)C1)NC1CCCC1. The zero-order valence-corrected chi connectivity index (χ0v) is 14.9. The van der Waals surface area contributed by atoms with Gasteiger partial charge in [0.1, 0.15) is 5.75 Å². The molecule has 1 aromatic carbocycles. The molecule has 1 aromatic rings. The Balaban J connectivity index is 1.49. The maximum absolute atomic E-state index is 5.50. The first-order valence-corrected chi connectivity index (χ1v) is 9.15. The Morgan fingerprint density at radius 3 is 2.79 bits per heavy atom. The zero-order valence-electron chi connectivity index (χ0n) is 14.9. The molecule has 1 unspecified atom stereocenters. The smallest absolute Gasteiger partial charge is 0.191 e. The van der Waals surface area contributed by atoms with Crippen LogP contribution >= 0.6 is 0 Å². The Labute approximate surface area is 145 Å². The maximum Gasteiger partial charge on any atom is 0.191 e. The molecule has 2 N–H and O–H groups in total. The second-order valence-electron chi connectivity index (χ2n) is 6.85.